The zero-order valence-corrected chi connectivity index (χ0v) is 13.3. The summed E-state index contributed by atoms with van der Waals surface area (Å²) in [6.45, 7) is 2.95. The van der Waals surface area contributed by atoms with Gasteiger partial charge in [-0.25, -0.2) is 4.79 Å². The second-order valence-corrected chi connectivity index (χ2v) is 7.13. The van der Waals surface area contributed by atoms with Gasteiger partial charge >= 0.3 is 6.09 Å². The minimum absolute atomic E-state index is 0.0179. The minimum Gasteiger partial charge on any atom is -0.443 e. The highest BCUT2D eigenvalue weighted by molar-refractivity contribution is 8.00. The molecule has 3 aliphatic rings. The van der Waals surface area contributed by atoms with Gasteiger partial charge in [0.25, 0.3) is 0 Å². The van der Waals surface area contributed by atoms with Crippen LogP contribution in [0.15, 0.2) is 23.1 Å². The molecule has 2 saturated heterocycles. The van der Waals surface area contributed by atoms with E-state index in [1.165, 1.54) is 11.8 Å². The van der Waals surface area contributed by atoms with Gasteiger partial charge in [-0.2, -0.15) is 0 Å². The Morgan fingerprint density at radius 3 is 2.91 bits per heavy atom. The summed E-state index contributed by atoms with van der Waals surface area (Å²) in [5.41, 5.74) is 7.28. The molecule has 2 fully saturated rings. The molecule has 1 aromatic carbocycles. The molecular weight excluding hydrogens is 316 g/mol. The molecule has 0 aromatic heterocycles. The first-order valence-electron chi connectivity index (χ1n) is 7.61. The number of thioether (sulfide) groups is 1. The number of hydrogen-bond donors (Lipinski definition) is 2. The van der Waals surface area contributed by atoms with Crippen molar-refractivity contribution >= 4 is 35.1 Å². The molecule has 3 aliphatic heterocycles. The van der Waals surface area contributed by atoms with E-state index in [-0.39, 0.29) is 24.1 Å². The van der Waals surface area contributed by atoms with E-state index in [1.807, 2.05) is 18.2 Å². The molecule has 0 spiro atoms. The Balaban J connectivity index is 1.46. The molecule has 8 heteroatoms. The topological polar surface area (TPSA) is 87.9 Å². The zero-order chi connectivity index (χ0) is 16.0. The molecule has 7 nitrogen and oxygen atoms in total. The number of benzene rings is 1. The summed E-state index contributed by atoms with van der Waals surface area (Å²) in [6.07, 6.45) is -0.482. The Morgan fingerprint density at radius 2 is 2.13 bits per heavy atom. The van der Waals surface area contributed by atoms with E-state index in [4.69, 9.17) is 10.5 Å². The van der Waals surface area contributed by atoms with E-state index < -0.39 is 0 Å². The predicted molar refractivity (Wildman–Crippen MR) is 87.8 cm³/mol. The van der Waals surface area contributed by atoms with Gasteiger partial charge in [-0.1, -0.05) is 0 Å². The van der Waals surface area contributed by atoms with Gasteiger partial charge in [0.15, 0.2) is 0 Å². The van der Waals surface area contributed by atoms with Crippen molar-refractivity contribution in [2.75, 3.05) is 42.1 Å². The minimum atomic E-state index is -0.338. The third-order valence-corrected chi connectivity index (χ3v) is 5.30. The van der Waals surface area contributed by atoms with Gasteiger partial charge in [-0.05, 0) is 18.2 Å². The molecule has 3 N–H and O–H groups in total. The molecule has 0 saturated carbocycles. The van der Waals surface area contributed by atoms with E-state index in [2.05, 4.69) is 10.2 Å². The molecule has 3 heterocycles. The SMILES string of the molecule is NC1CN(C[C@@H]2CN(c3ccc4c(c3)NC(=O)CS4)C(=O)O2)C1. The first kappa shape index (κ1) is 14.8. The predicted octanol–water partition coefficient (Wildman–Crippen LogP) is 0.699. The average molecular weight is 334 g/mol. The Labute approximate surface area is 138 Å². The molecule has 1 aromatic rings. The van der Waals surface area contributed by atoms with Gasteiger partial charge < -0.3 is 15.8 Å². The van der Waals surface area contributed by atoms with Crippen LogP contribution in [-0.4, -0.2) is 61.0 Å². The fourth-order valence-corrected chi connectivity index (χ4v) is 3.90. The Kier molecular flexibility index (Phi) is 3.67. The summed E-state index contributed by atoms with van der Waals surface area (Å²) >= 11 is 1.50. The van der Waals surface area contributed by atoms with Crippen LogP contribution < -0.4 is 16.0 Å². The molecule has 4 rings (SSSR count). The van der Waals surface area contributed by atoms with E-state index in [1.54, 1.807) is 4.90 Å². The second kappa shape index (κ2) is 5.70. The number of likely N-dealkylation sites (tertiary alicyclic amines) is 1. The van der Waals surface area contributed by atoms with E-state index >= 15 is 0 Å². The van der Waals surface area contributed by atoms with Crippen LogP contribution in [0.1, 0.15) is 0 Å². The molecule has 0 unspecified atom stereocenters. The second-order valence-electron chi connectivity index (χ2n) is 6.11. The van der Waals surface area contributed by atoms with Crippen LogP contribution in [0.5, 0.6) is 0 Å². The maximum Gasteiger partial charge on any atom is 0.414 e. The van der Waals surface area contributed by atoms with Crippen molar-refractivity contribution < 1.29 is 14.3 Å². The number of carbonyl (C=O) groups is 2. The van der Waals surface area contributed by atoms with Gasteiger partial charge in [0, 0.05) is 36.3 Å². The third kappa shape index (κ3) is 2.89. The average Bonchev–Trinajstić information content (AvgIpc) is 2.85. The number of rotatable bonds is 3. The number of carbonyl (C=O) groups excluding carboxylic acids is 2. The quantitative estimate of drug-likeness (QED) is 0.846. The third-order valence-electron chi connectivity index (χ3n) is 4.23. The number of nitrogens with one attached hydrogen (secondary N) is 1. The van der Waals surface area contributed by atoms with Crippen LogP contribution in [0.4, 0.5) is 16.2 Å². The lowest BCUT2D eigenvalue weighted by Gasteiger charge is -2.37. The summed E-state index contributed by atoms with van der Waals surface area (Å²) in [5, 5.41) is 2.84. The van der Waals surface area contributed by atoms with Crippen molar-refractivity contribution in [2.24, 2.45) is 5.73 Å². The van der Waals surface area contributed by atoms with Crippen molar-refractivity contribution in [2.45, 2.75) is 17.0 Å². The summed E-state index contributed by atoms with van der Waals surface area (Å²) in [4.78, 5) is 28.5. The number of amides is 2. The van der Waals surface area contributed by atoms with Crippen molar-refractivity contribution in [3.05, 3.63) is 18.2 Å². The van der Waals surface area contributed by atoms with Gasteiger partial charge in [-0.15, -0.1) is 11.8 Å². The van der Waals surface area contributed by atoms with E-state index in [9.17, 15) is 9.59 Å². The lowest BCUT2D eigenvalue weighted by Crippen LogP contribution is -2.57. The first-order valence-corrected chi connectivity index (χ1v) is 8.60. The maximum absolute atomic E-state index is 12.1. The lowest BCUT2D eigenvalue weighted by atomic mass is 10.1. The fraction of sp³-hybridized carbons (Fsp3) is 0.467. The van der Waals surface area contributed by atoms with Crippen LogP contribution in [0.25, 0.3) is 0 Å². The molecule has 0 radical (unpaired) electrons. The molecule has 2 amide bonds. The summed E-state index contributed by atoms with van der Waals surface area (Å²) in [7, 11) is 0. The summed E-state index contributed by atoms with van der Waals surface area (Å²) in [5.74, 6) is 0.411. The van der Waals surface area contributed by atoms with Crippen LogP contribution in [0, 0.1) is 0 Å². The lowest BCUT2D eigenvalue weighted by molar-refractivity contribution is -0.113. The van der Waals surface area contributed by atoms with E-state index in [0.29, 0.717) is 18.8 Å². The fourth-order valence-electron chi connectivity index (χ4n) is 3.11. The number of cyclic esters (lactones) is 1. The highest BCUT2D eigenvalue weighted by Crippen LogP contribution is 2.35. The van der Waals surface area contributed by atoms with Crippen molar-refractivity contribution in [3.8, 4) is 0 Å². The number of nitrogens with zero attached hydrogens (tertiary/aromatic N) is 2. The van der Waals surface area contributed by atoms with Crippen LogP contribution in [-0.2, 0) is 9.53 Å². The summed E-state index contributed by atoms with van der Waals surface area (Å²) in [6, 6.07) is 5.91. The first-order chi connectivity index (χ1) is 11.1. The molecule has 23 heavy (non-hydrogen) atoms. The molecule has 122 valence electrons. The normalized spacial score (nSPS) is 24.9. The van der Waals surface area contributed by atoms with Crippen LogP contribution in [0.2, 0.25) is 0 Å². The highest BCUT2D eigenvalue weighted by Gasteiger charge is 2.36. The van der Waals surface area contributed by atoms with Crippen molar-refractivity contribution in [3.63, 3.8) is 0 Å². The molecular formula is C15H18N4O3S. The number of hydrogen-bond acceptors (Lipinski definition) is 6. The Bertz CT molecular complexity index is 662. The Morgan fingerprint density at radius 1 is 1.30 bits per heavy atom. The van der Waals surface area contributed by atoms with Gasteiger partial charge in [0.05, 0.1) is 18.0 Å². The van der Waals surface area contributed by atoms with Crippen molar-refractivity contribution in [1.29, 1.82) is 0 Å². The molecule has 1 atom stereocenters. The number of anilines is 2. The largest absolute Gasteiger partial charge is 0.443 e. The van der Waals surface area contributed by atoms with Gasteiger partial charge in [0.2, 0.25) is 5.91 Å². The van der Waals surface area contributed by atoms with Crippen molar-refractivity contribution in [1.82, 2.24) is 4.90 Å². The maximum atomic E-state index is 12.1. The van der Waals surface area contributed by atoms with E-state index in [0.717, 1.165) is 29.4 Å². The highest BCUT2D eigenvalue weighted by atomic mass is 32.2. The van der Waals surface area contributed by atoms with Gasteiger partial charge in [0.1, 0.15) is 6.10 Å². The molecule has 0 aliphatic carbocycles. The number of ether oxygens (including phenoxy) is 1. The smallest absolute Gasteiger partial charge is 0.414 e. The molecule has 0 bridgehead atoms. The van der Waals surface area contributed by atoms with Crippen LogP contribution in [0.3, 0.4) is 0 Å². The number of nitrogens with two attached hydrogens (primary N) is 1. The Hall–Kier alpha value is -1.77. The standard InChI is InChI=1S/C15H18N4O3S/c16-9-4-18(5-9)6-11-7-19(15(21)22-11)10-1-2-13-12(3-10)17-14(20)8-23-13/h1-3,9,11H,4-8,16H2,(H,17,20)/t11-/m1/s1. The van der Waals surface area contributed by atoms with Gasteiger partial charge in [-0.3, -0.25) is 14.6 Å². The van der Waals surface area contributed by atoms with Crippen LogP contribution >= 0.6 is 11.8 Å². The zero-order valence-electron chi connectivity index (χ0n) is 12.5. The monoisotopic (exact) mass is 334 g/mol. The summed E-state index contributed by atoms with van der Waals surface area (Å²) < 4.78 is 5.45. The number of fused-ring (bicyclic) bond motifs is 1.